The quantitative estimate of drug-likeness (QED) is 0.729. The summed E-state index contributed by atoms with van der Waals surface area (Å²) in [6, 6.07) is 6.01. The summed E-state index contributed by atoms with van der Waals surface area (Å²) >= 11 is 0. The van der Waals surface area contributed by atoms with Crippen molar-refractivity contribution < 1.29 is 5.11 Å². The molecule has 3 nitrogen and oxygen atoms in total. The lowest BCUT2D eigenvalue weighted by Gasteiger charge is -2.31. The first-order valence-corrected chi connectivity index (χ1v) is 5.12. The summed E-state index contributed by atoms with van der Waals surface area (Å²) in [7, 11) is 0. The normalized spacial score (nSPS) is 22.4. The number of hydrogen-bond donors (Lipinski definition) is 1. The summed E-state index contributed by atoms with van der Waals surface area (Å²) < 4.78 is 0. The fourth-order valence-corrected chi connectivity index (χ4v) is 1.87. The van der Waals surface area contributed by atoms with Crippen LogP contribution in [0.15, 0.2) is 18.2 Å². The molecule has 1 aliphatic rings. The molecule has 1 fully saturated rings. The molecule has 14 heavy (non-hydrogen) atoms. The van der Waals surface area contributed by atoms with Crippen LogP contribution in [-0.4, -0.2) is 29.3 Å². The minimum atomic E-state index is -0.189. The molecule has 0 aliphatic carbocycles. The third kappa shape index (κ3) is 2.04. The van der Waals surface area contributed by atoms with E-state index in [0.29, 0.717) is 0 Å². The van der Waals surface area contributed by atoms with E-state index in [4.69, 9.17) is 0 Å². The molecular formula is C11H16N2O. The van der Waals surface area contributed by atoms with Gasteiger partial charge in [-0.05, 0) is 31.9 Å². The summed E-state index contributed by atoms with van der Waals surface area (Å²) in [4.78, 5) is 6.60. The molecule has 0 saturated carbocycles. The molecule has 1 aromatic heterocycles. The van der Waals surface area contributed by atoms with Crippen LogP contribution in [0, 0.1) is 6.92 Å². The number of nitrogens with zero attached hydrogens (tertiary/aromatic N) is 2. The topological polar surface area (TPSA) is 36.4 Å². The molecule has 0 bridgehead atoms. The van der Waals surface area contributed by atoms with E-state index in [-0.39, 0.29) is 6.10 Å². The zero-order valence-corrected chi connectivity index (χ0v) is 8.48. The molecule has 0 aromatic carbocycles. The van der Waals surface area contributed by atoms with Crippen LogP contribution in [0.3, 0.4) is 0 Å². The molecule has 1 aromatic rings. The summed E-state index contributed by atoms with van der Waals surface area (Å²) in [6.07, 6.45) is 1.78. The number of piperidine rings is 1. The van der Waals surface area contributed by atoms with Gasteiger partial charge >= 0.3 is 0 Å². The molecule has 0 radical (unpaired) electrons. The van der Waals surface area contributed by atoms with Gasteiger partial charge in [-0.2, -0.15) is 0 Å². The monoisotopic (exact) mass is 192 g/mol. The van der Waals surface area contributed by atoms with Gasteiger partial charge in [-0.15, -0.1) is 0 Å². The minimum absolute atomic E-state index is 0.189. The molecule has 0 unspecified atom stereocenters. The zero-order chi connectivity index (χ0) is 9.97. The van der Waals surface area contributed by atoms with E-state index >= 15 is 0 Å². The number of aromatic nitrogens is 1. The number of hydrogen-bond acceptors (Lipinski definition) is 3. The van der Waals surface area contributed by atoms with Crippen molar-refractivity contribution in [3.63, 3.8) is 0 Å². The fourth-order valence-electron chi connectivity index (χ4n) is 1.87. The zero-order valence-electron chi connectivity index (χ0n) is 8.48. The molecule has 1 saturated heterocycles. The second-order valence-corrected chi connectivity index (χ2v) is 3.88. The van der Waals surface area contributed by atoms with Gasteiger partial charge < -0.3 is 10.0 Å². The third-order valence-corrected chi connectivity index (χ3v) is 2.59. The van der Waals surface area contributed by atoms with Crippen LogP contribution in [-0.2, 0) is 0 Å². The Bertz CT molecular complexity index is 314. The number of rotatable bonds is 1. The van der Waals surface area contributed by atoms with E-state index in [1.807, 2.05) is 25.1 Å². The molecule has 3 heteroatoms. The van der Waals surface area contributed by atoms with Crippen LogP contribution in [0.5, 0.6) is 0 Å². The lowest BCUT2D eigenvalue weighted by Crippen LogP contribution is -2.38. The van der Waals surface area contributed by atoms with Crippen molar-refractivity contribution in [2.24, 2.45) is 0 Å². The Balaban J connectivity index is 2.14. The predicted molar refractivity (Wildman–Crippen MR) is 56.4 cm³/mol. The molecule has 76 valence electrons. The largest absolute Gasteiger partial charge is 0.391 e. The molecule has 0 amide bonds. The van der Waals surface area contributed by atoms with Crippen LogP contribution in [0.4, 0.5) is 5.82 Å². The molecule has 0 spiro atoms. The SMILES string of the molecule is Cc1cccc(N2CCC[C@H](O)C2)n1. The highest BCUT2D eigenvalue weighted by Crippen LogP contribution is 2.17. The van der Waals surface area contributed by atoms with Gasteiger partial charge in [0, 0.05) is 18.8 Å². The number of aryl methyl sites for hydroxylation is 1. The van der Waals surface area contributed by atoms with Crippen LogP contribution in [0.25, 0.3) is 0 Å². The third-order valence-electron chi connectivity index (χ3n) is 2.59. The van der Waals surface area contributed by atoms with Gasteiger partial charge in [-0.25, -0.2) is 4.98 Å². The number of β-amino-alcohol motifs (C(OH)–C–C–N with tert-alkyl or cyclic N) is 1. The summed E-state index contributed by atoms with van der Waals surface area (Å²) in [5.74, 6) is 0.990. The first-order valence-electron chi connectivity index (χ1n) is 5.12. The Morgan fingerprint density at radius 2 is 2.36 bits per heavy atom. The highest BCUT2D eigenvalue weighted by molar-refractivity contribution is 5.39. The summed E-state index contributed by atoms with van der Waals surface area (Å²) in [6.45, 7) is 3.72. The molecule has 1 N–H and O–H groups in total. The van der Waals surface area contributed by atoms with Crippen molar-refractivity contribution in [3.8, 4) is 0 Å². The van der Waals surface area contributed by atoms with Gasteiger partial charge in [0.25, 0.3) is 0 Å². The molecule has 1 aliphatic heterocycles. The summed E-state index contributed by atoms with van der Waals surface area (Å²) in [5.41, 5.74) is 1.03. The fraction of sp³-hybridized carbons (Fsp3) is 0.545. The second kappa shape index (κ2) is 3.96. The number of anilines is 1. The Kier molecular flexibility index (Phi) is 2.68. The van der Waals surface area contributed by atoms with E-state index in [2.05, 4.69) is 9.88 Å². The summed E-state index contributed by atoms with van der Waals surface area (Å²) in [5, 5.41) is 9.54. The van der Waals surface area contributed by atoms with E-state index in [1.165, 1.54) is 0 Å². The Morgan fingerprint density at radius 1 is 1.50 bits per heavy atom. The molecule has 2 rings (SSSR count). The van der Waals surface area contributed by atoms with Gasteiger partial charge in [-0.1, -0.05) is 6.07 Å². The van der Waals surface area contributed by atoms with E-state index < -0.39 is 0 Å². The number of pyridine rings is 1. The second-order valence-electron chi connectivity index (χ2n) is 3.88. The molecule has 2 heterocycles. The molecular weight excluding hydrogens is 176 g/mol. The van der Waals surface area contributed by atoms with E-state index in [1.54, 1.807) is 0 Å². The first kappa shape index (κ1) is 9.46. The minimum Gasteiger partial charge on any atom is -0.391 e. The smallest absolute Gasteiger partial charge is 0.128 e. The maximum absolute atomic E-state index is 9.54. The highest BCUT2D eigenvalue weighted by Gasteiger charge is 2.18. The van der Waals surface area contributed by atoms with Gasteiger partial charge in [0.05, 0.1) is 6.10 Å². The van der Waals surface area contributed by atoms with E-state index in [0.717, 1.165) is 37.4 Å². The van der Waals surface area contributed by atoms with Crippen molar-refractivity contribution in [3.05, 3.63) is 23.9 Å². The van der Waals surface area contributed by atoms with Crippen LogP contribution in [0.2, 0.25) is 0 Å². The van der Waals surface area contributed by atoms with Crippen molar-refractivity contribution in [2.75, 3.05) is 18.0 Å². The van der Waals surface area contributed by atoms with Crippen molar-refractivity contribution in [1.29, 1.82) is 0 Å². The van der Waals surface area contributed by atoms with Gasteiger partial charge in [0.15, 0.2) is 0 Å². The van der Waals surface area contributed by atoms with Crippen LogP contribution in [0.1, 0.15) is 18.5 Å². The molecule has 1 atom stereocenters. The maximum atomic E-state index is 9.54. The Labute approximate surface area is 84.4 Å². The maximum Gasteiger partial charge on any atom is 0.128 e. The Hall–Kier alpha value is -1.09. The Morgan fingerprint density at radius 3 is 3.07 bits per heavy atom. The van der Waals surface area contributed by atoms with Crippen LogP contribution < -0.4 is 4.90 Å². The average molecular weight is 192 g/mol. The van der Waals surface area contributed by atoms with Gasteiger partial charge in [0.2, 0.25) is 0 Å². The van der Waals surface area contributed by atoms with Crippen molar-refractivity contribution in [1.82, 2.24) is 4.98 Å². The van der Waals surface area contributed by atoms with Gasteiger partial charge in [-0.3, -0.25) is 0 Å². The lowest BCUT2D eigenvalue weighted by atomic mass is 10.1. The first-order chi connectivity index (χ1) is 6.75. The number of aliphatic hydroxyl groups excluding tert-OH is 1. The lowest BCUT2D eigenvalue weighted by molar-refractivity contribution is 0.154. The van der Waals surface area contributed by atoms with Crippen LogP contribution >= 0.6 is 0 Å². The number of aliphatic hydroxyl groups is 1. The average Bonchev–Trinajstić information content (AvgIpc) is 2.18. The standard InChI is InChI=1S/C11H16N2O/c1-9-4-2-6-11(12-9)13-7-3-5-10(14)8-13/h2,4,6,10,14H,3,5,7-8H2,1H3/t10-/m0/s1. The van der Waals surface area contributed by atoms with Gasteiger partial charge in [0.1, 0.15) is 5.82 Å². The predicted octanol–water partition coefficient (Wildman–Crippen LogP) is 1.35. The van der Waals surface area contributed by atoms with E-state index in [9.17, 15) is 5.11 Å². The highest BCUT2D eigenvalue weighted by atomic mass is 16.3. The van der Waals surface area contributed by atoms with Crippen molar-refractivity contribution >= 4 is 5.82 Å². The van der Waals surface area contributed by atoms with Crippen molar-refractivity contribution in [2.45, 2.75) is 25.9 Å².